The van der Waals surface area contributed by atoms with Gasteiger partial charge in [0.05, 0.1) is 5.41 Å². The number of amides is 1. The smallest absolute Gasteiger partial charge is 0.234 e. The van der Waals surface area contributed by atoms with Crippen LogP contribution in [0, 0.1) is 0 Å². The van der Waals surface area contributed by atoms with Crippen molar-refractivity contribution in [3.63, 3.8) is 0 Å². The van der Waals surface area contributed by atoms with E-state index in [4.69, 9.17) is 9.26 Å². The quantitative estimate of drug-likeness (QED) is 0.777. The second-order valence-corrected chi connectivity index (χ2v) is 6.70. The number of nitrogens with zero attached hydrogens (tertiary/aromatic N) is 2. The highest BCUT2D eigenvalue weighted by molar-refractivity contribution is 5.77. The Bertz CT molecular complexity index is 911. The van der Waals surface area contributed by atoms with Crippen molar-refractivity contribution in [2.75, 3.05) is 6.54 Å². The van der Waals surface area contributed by atoms with Crippen LogP contribution in [0.3, 0.4) is 0 Å². The zero-order valence-electron chi connectivity index (χ0n) is 14.4. The van der Waals surface area contributed by atoms with Crippen LogP contribution in [-0.2, 0) is 10.2 Å². The number of rotatable bonds is 4. The monoisotopic (exact) mass is 349 g/mol. The lowest BCUT2D eigenvalue weighted by Crippen LogP contribution is -2.44. The number of aromatic nitrogens is 2. The molecular formula is C20H19N3O3. The molecule has 132 valence electrons. The molecular weight excluding hydrogens is 330 g/mol. The van der Waals surface area contributed by atoms with E-state index in [-0.39, 0.29) is 11.3 Å². The highest BCUT2D eigenvalue weighted by Crippen LogP contribution is 2.32. The Morgan fingerprint density at radius 3 is 2.69 bits per heavy atom. The van der Waals surface area contributed by atoms with Gasteiger partial charge in [0.25, 0.3) is 0 Å². The maximum absolute atomic E-state index is 11.4. The van der Waals surface area contributed by atoms with Crippen LogP contribution in [0.5, 0.6) is 11.5 Å². The minimum Gasteiger partial charge on any atom is -0.457 e. The lowest BCUT2D eigenvalue weighted by atomic mass is 9.82. The fourth-order valence-electron chi connectivity index (χ4n) is 2.95. The Morgan fingerprint density at radius 1 is 1.12 bits per heavy atom. The van der Waals surface area contributed by atoms with Crippen LogP contribution in [0.4, 0.5) is 0 Å². The summed E-state index contributed by atoms with van der Waals surface area (Å²) in [5.41, 5.74) is 0.481. The van der Waals surface area contributed by atoms with Crippen LogP contribution in [0.25, 0.3) is 11.4 Å². The molecule has 1 aliphatic heterocycles. The van der Waals surface area contributed by atoms with E-state index in [1.54, 1.807) is 0 Å². The molecule has 2 heterocycles. The molecule has 0 bridgehead atoms. The van der Waals surface area contributed by atoms with Crippen molar-refractivity contribution >= 4 is 5.91 Å². The van der Waals surface area contributed by atoms with Gasteiger partial charge in [0.15, 0.2) is 0 Å². The van der Waals surface area contributed by atoms with E-state index >= 15 is 0 Å². The molecule has 1 amide bonds. The van der Waals surface area contributed by atoms with Gasteiger partial charge in [-0.3, -0.25) is 4.79 Å². The van der Waals surface area contributed by atoms with E-state index in [1.165, 1.54) is 0 Å². The first kappa shape index (κ1) is 16.3. The largest absolute Gasteiger partial charge is 0.457 e. The van der Waals surface area contributed by atoms with Crippen LogP contribution < -0.4 is 10.1 Å². The van der Waals surface area contributed by atoms with E-state index in [9.17, 15) is 4.79 Å². The summed E-state index contributed by atoms with van der Waals surface area (Å²) in [4.78, 5) is 16.0. The van der Waals surface area contributed by atoms with E-state index in [0.717, 1.165) is 11.3 Å². The Hall–Kier alpha value is -3.15. The summed E-state index contributed by atoms with van der Waals surface area (Å²) >= 11 is 0. The third-order valence-corrected chi connectivity index (χ3v) is 4.59. The van der Waals surface area contributed by atoms with E-state index in [1.807, 2.05) is 61.5 Å². The third-order valence-electron chi connectivity index (χ3n) is 4.59. The van der Waals surface area contributed by atoms with Crippen molar-refractivity contribution in [1.29, 1.82) is 0 Å². The number of ether oxygens (including phenoxy) is 1. The fourth-order valence-corrected chi connectivity index (χ4v) is 2.95. The molecule has 0 spiro atoms. The van der Waals surface area contributed by atoms with Gasteiger partial charge in [0, 0.05) is 18.5 Å². The summed E-state index contributed by atoms with van der Waals surface area (Å²) in [5, 5.41) is 6.99. The van der Waals surface area contributed by atoms with Crippen LogP contribution >= 0.6 is 0 Å². The van der Waals surface area contributed by atoms with Gasteiger partial charge in [-0.05, 0) is 37.6 Å². The first-order valence-corrected chi connectivity index (χ1v) is 8.57. The summed E-state index contributed by atoms with van der Waals surface area (Å²) in [7, 11) is 0. The lowest BCUT2D eigenvalue weighted by molar-refractivity contribution is -0.123. The van der Waals surface area contributed by atoms with E-state index in [2.05, 4.69) is 15.5 Å². The Balaban J connectivity index is 1.56. The standard InChI is InChI=1S/C20H19N3O3/c1-20(11-10-17(24)21-13-20)19-22-18(23-26-19)14-6-5-9-16(12-14)25-15-7-3-2-4-8-15/h2-9,12H,10-11,13H2,1H3,(H,21,24). The molecule has 0 radical (unpaired) electrons. The zero-order chi connectivity index (χ0) is 18.0. The Labute approximate surface area is 151 Å². The van der Waals surface area contributed by atoms with Gasteiger partial charge in [-0.25, -0.2) is 0 Å². The SMILES string of the molecule is CC1(c2nc(-c3cccc(Oc4ccccc4)c3)no2)CCC(=O)NC1. The van der Waals surface area contributed by atoms with Crippen molar-refractivity contribution in [3.05, 3.63) is 60.5 Å². The topological polar surface area (TPSA) is 77.2 Å². The second kappa shape index (κ2) is 6.63. The van der Waals surface area contributed by atoms with Gasteiger partial charge in [-0.15, -0.1) is 0 Å². The van der Waals surface area contributed by atoms with Crippen LogP contribution in [-0.4, -0.2) is 22.6 Å². The normalized spacial score (nSPS) is 19.8. The first-order valence-electron chi connectivity index (χ1n) is 8.57. The minimum atomic E-state index is -0.336. The average Bonchev–Trinajstić information content (AvgIpc) is 3.17. The molecule has 1 N–H and O–H groups in total. The number of para-hydroxylation sites is 1. The van der Waals surface area contributed by atoms with Gasteiger partial charge >= 0.3 is 0 Å². The average molecular weight is 349 g/mol. The zero-order valence-corrected chi connectivity index (χ0v) is 14.4. The molecule has 1 saturated heterocycles. The van der Waals surface area contributed by atoms with E-state index < -0.39 is 0 Å². The lowest BCUT2D eigenvalue weighted by Gasteiger charge is -2.29. The van der Waals surface area contributed by atoms with Crippen molar-refractivity contribution in [1.82, 2.24) is 15.5 Å². The Morgan fingerprint density at radius 2 is 1.92 bits per heavy atom. The molecule has 2 aromatic carbocycles. The van der Waals surface area contributed by atoms with Crippen molar-refractivity contribution in [2.45, 2.75) is 25.2 Å². The minimum absolute atomic E-state index is 0.0629. The molecule has 1 aromatic heterocycles. The number of piperidine rings is 1. The van der Waals surface area contributed by atoms with Gasteiger partial charge in [-0.1, -0.05) is 35.5 Å². The molecule has 26 heavy (non-hydrogen) atoms. The first-order chi connectivity index (χ1) is 12.6. The summed E-state index contributed by atoms with van der Waals surface area (Å²) in [6.07, 6.45) is 1.16. The number of hydrogen-bond acceptors (Lipinski definition) is 5. The number of carbonyl (C=O) groups is 1. The molecule has 1 atom stereocenters. The summed E-state index contributed by atoms with van der Waals surface area (Å²) in [6, 6.07) is 17.2. The van der Waals surface area contributed by atoms with Crippen molar-refractivity contribution < 1.29 is 14.1 Å². The highest BCUT2D eigenvalue weighted by Gasteiger charge is 2.37. The van der Waals surface area contributed by atoms with Crippen LogP contribution in [0.2, 0.25) is 0 Å². The molecule has 6 nitrogen and oxygen atoms in total. The third kappa shape index (κ3) is 3.31. The molecule has 4 rings (SSSR count). The van der Waals surface area contributed by atoms with Crippen molar-refractivity contribution in [3.8, 4) is 22.9 Å². The number of carbonyl (C=O) groups excluding carboxylic acids is 1. The molecule has 3 aromatic rings. The molecule has 0 aliphatic carbocycles. The number of nitrogens with one attached hydrogen (secondary N) is 1. The number of benzene rings is 2. The van der Waals surface area contributed by atoms with Gasteiger partial charge < -0.3 is 14.6 Å². The van der Waals surface area contributed by atoms with Gasteiger partial charge in [0.2, 0.25) is 17.6 Å². The van der Waals surface area contributed by atoms with Gasteiger partial charge in [-0.2, -0.15) is 4.98 Å². The summed E-state index contributed by atoms with van der Waals surface area (Å²) < 4.78 is 11.4. The molecule has 0 saturated carbocycles. The van der Waals surface area contributed by atoms with Crippen LogP contribution in [0.1, 0.15) is 25.7 Å². The predicted octanol–water partition coefficient (Wildman–Crippen LogP) is 3.70. The highest BCUT2D eigenvalue weighted by atomic mass is 16.5. The molecule has 1 aliphatic rings. The van der Waals surface area contributed by atoms with Crippen molar-refractivity contribution in [2.24, 2.45) is 0 Å². The summed E-state index contributed by atoms with van der Waals surface area (Å²) in [5.74, 6) is 2.59. The maximum atomic E-state index is 11.4. The van der Waals surface area contributed by atoms with Gasteiger partial charge in [0.1, 0.15) is 11.5 Å². The second-order valence-electron chi connectivity index (χ2n) is 6.70. The molecule has 6 heteroatoms. The summed E-state index contributed by atoms with van der Waals surface area (Å²) in [6.45, 7) is 2.53. The number of hydrogen-bond donors (Lipinski definition) is 1. The predicted molar refractivity (Wildman–Crippen MR) is 95.8 cm³/mol. The molecule has 1 unspecified atom stereocenters. The fraction of sp³-hybridized carbons (Fsp3) is 0.250. The Kier molecular flexibility index (Phi) is 4.16. The maximum Gasteiger partial charge on any atom is 0.234 e. The van der Waals surface area contributed by atoms with E-state index in [0.29, 0.717) is 36.9 Å². The van der Waals surface area contributed by atoms with Crippen LogP contribution in [0.15, 0.2) is 59.1 Å². The molecule has 1 fully saturated rings.